The highest BCUT2D eigenvalue weighted by molar-refractivity contribution is 6.12. The second-order valence-electron chi connectivity index (χ2n) is 17.2. The summed E-state index contributed by atoms with van der Waals surface area (Å²) in [6.45, 7) is 4.84. The van der Waals surface area contributed by atoms with Gasteiger partial charge in [-0.3, -0.25) is 0 Å². The lowest BCUT2D eigenvalue weighted by Gasteiger charge is -2.45. The third kappa shape index (κ3) is 4.97. The summed E-state index contributed by atoms with van der Waals surface area (Å²) >= 11 is 0. The van der Waals surface area contributed by atoms with Gasteiger partial charge < -0.3 is 8.98 Å². The SMILES string of the molecule is C[C@H]1c2cccc3c2C1(C)c1cc(-c2ccc4c(c2)c2cc(-c5ccccc5-c5ccccc5-c5ccc(-c6nc7ccccc7o6)cc5)ccc2n4-c2ccccc2)ccc1-3. The molecule has 9 aromatic carbocycles. The number of oxazole rings is 1. The molecule has 0 radical (unpaired) electrons. The Kier molecular flexibility index (Phi) is 7.42. The molecule has 0 spiro atoms. The molecule has 2 heterocycles. The van der Waals surface area contributed by atoms with Gasteiger partial charge in [-0.2, -0.15) is 0 Å². The molecule has 62 heavy (non-hydrogen) atoms. The van der Waals surface area contributed by atoms with Gasteiger partial charge in [-0.15, -0.1) is 0 Å². The Bertz CT molecular complexity index is 3580. The second kappa shape index (κ2) is 13.1. The van der Waals surface area contributed by atoms with Gasteiger partial charge >= 0.3 is 0 Å². The van der Waals surface area contributed by atoms with Crippen molar-refractivity contribution in [2.24, 2.45) is 0 Å². The van der Waals surface area contributed by atoms with Gasteiger partial charge in [0.05, 0.1) is 11.0 Å². The lowest BCUT2D eigenvalue weighted by Crippen LogP contribution is -2.38. The minimum absolute atomic E-state index is 0.0576. The van der Waals surface area contributed by atoms with Crippen LogP contribution in [0.1, 0.15) is 36.5 Å². The van der Waals surface area contributed by atoms with Gasteiger partial charge in [0.2, 0.25) is 5.89 Å². The molecule has 2 aliphatic carbocycles. The number of fused-ring (bicyclic) bond motifs is 7. The van der Waals surface area contributed by atoms with E-state index in [0.717, 1.165) is 27.9 Å². The van der Waals surface area contributed by atoms with Crippen molar-refractivity contribution in [1.82, 2.24) is 9.55 Å². The molecule has 2 aliphatic rings. The molecule has 0 aliphatic heterocycles. The van der Waals surface area contributed by atoms with Gasteiger partial charge in [0, 0.05) is 27.4 Å². The first-order valence-corrected chi connectivity index (χ1v) is 21.6. The van der Waals surface area contributed by atoms with E-state index in [1.807, 2.05) is 24.3 Å². The minimum atomic E-state index is 0.0576. The van der Waals surface area contributed by atoms with E-state index in [9.17, 15) is 0 Å². The van der Waals surface area contributed by atoms with E-state index in [2.05, 4.69) is 194 Å². The fourth-order valence-corrected chi connectivity index (χ4v) is 10.9. The van der Waals surface area contributed by atoms with Crippen LogP contribution in [0.4, 0.5) is 0 Å². The summed E-state index contributed by atoms with van der Waals surface area (Å²) in [4.78, 5) is 4.74. The van der Waals surface area contributed by atoms with Crippen LogP contribution in [0, 0.1) is 0 Å². The molecule has 0 amide bonds. The third-order valence-electron chi connectivity index (χ3n) is 14.1. The topological polar surface area (TPSA) is 31.0 Å². The smallest absolute Gasteiger partial charge is 0.227 e. The van der Waals surface area contributed by atoms with Crippen molar-refractivity contribution >= 4 is 32.9 Å². The Morgan fingerprint density at radius 2 is 1.03 bits per heavy atom. The maximum absolute atomic E-state index is 6.10. The predicted molar refractivity (Wildman–Crippen MR) is 256 cm³/mol. The van der Waals surface area contributed by atoms with Crippen molar-refractivity contribution in [2.75, 3.05) is 0 Å². The Morgan fingerprint density at radius 1 is 0.468 bits per heavy atom. The highest BCUT2D eigenvalue weighted by Crippen LogP contribution is 2.64. The number of nitrogens with zero attached hydrogens (tertiary/aromatic N) is 2. The van der Waals surface area contributed by atoms with Crippen molar-refractivity contribution in [3.8, 4) is 72.8 Å². The maximum Gasteiger partial charge on any atom is 0.227 e. The molecule has 13 rings (SSSR count). The summed E-state index contributed by atoms with van der Waals surface area (Å²) in [6, 6.07) is 72.9. The van der Waals surface area contributed by atoms with Gasteiger partial charge in [0.25, 0.3) is 0 Å². The fraction of sp³-hybridized carbons (Fsp3) is 0.0678. The zero-order valence-electron chi connectivity index (χ0n) is 34.4. The van der Waals surface area contributed by atoms with E-state index in [1.165, 1.54) is 88.6 Å². The molecule has 0 saturated heterocycles. The Balaban J connectivity index is 0.933. The molecular formula is C59H40N2O. The zero-order valence-corrected chi connectivity index (χ0v) is 34.4. The van der Waals surface area contributed by atoms with Crippen molar-refractivity contribution in [1.29, 1.82) is 0 Å². The summed E-state index contributed by atoms with van der Waals surface area (Å²) in [6.07, 6.45) is 0. The lowest BCUT2D eigenvalue weighted by atomic mass is 9.57. The summed E-state index contributed by atoms with van der Waals surface area (Å²) in [7, 11) is 0. The van der Waals surface area contributed by atoms with Gasteiger partial charge in [0.15, 0.2) is 5.58 Å². The average Bonchev–Trinajstić information content (AvgIpc) is 4.00. The van der Waals surface area contributed by atoms with Crippen molar-refractivity contribution in [3.05, 3.63) is 217 Å². The van der Waals surface area contributed by atoms with E-state index in [-0.39, 0.29) is 5.41 Å². The standard InChI is InChI=1S/C59H40N2O/c1-36-43-19-12-20-49-48-30-27-40(35-52(48)59(36,2)57(43)49)39-28-31-54-50(33-39)51-34-41(29-32-55(51)61(54)42-13-4-3-5-14-42)45-16-7-9-18-47(45)46-17-8-6-15-44(46)37-23-25-38(26-24-37)58-60-53-21-10-11-22-56(53)62-58/h3-36H,1-2H3/t36-,59?/m0/s1. The first-order chi connectivity index (χ1) is 30.5. The molecule has 3 nitrogen and oxygen atoms in total. The zero-order chi connectivity index (χ0) is 41.1. The normalized spacial score (nSPS) is 16.1. The maximum atomic E-state index is 6.10. The van der Waals surface area contributed by atoms with Gasteiger partial charge in [-0.25, -0.2) is 4.98 Å². The van der Waals surface area contributed by atoms with Crippen LogP contribution in [0.3, 0.4) is 0 Å². The second-order valence-corrected chi connectivity index (χ2v) is 17.2. The molecule has 0 saturated carbocycles. The fourth-order valence-electron chi connectivity index (χ4n) is 10.9. The number of hydrogen-bond donors (Lipinski definition) is 0. The molecule has 2 atom stereocenters. The third-order valence-corrected chi connectivity index (χ3v) is 14.1. The van der Waals surface area contributed by atoms with Crippen LogP contribution < -0.4 is 0 Å². The lowest BCUT2D eigenvalue weighted by molar-refractivity contribution is 0.417. The van der Waals surface area contributed by atoms with Crippen LogP contribution in [0.25, 0.3) is 106 Å². The predicted octanol–water partition coefficient (Wildman–Crippen LogP) is 15.7. The monoisotopic (exact) mass is 792 g/mol. The van der Waals surface area contributed by atoms with E-state index >= 15 is 0 Å². The van der Waals surface area contributed by atoms with E-state index in [0.29, 0.717) is 11.8 Å². The number of benzene rings is 9. The summed E-state index contributed by atoms with van der Waals surface area (Å²) in [5, 5.41) is 2.48. The first-order valence-electron chi connectivity index (χ1n) is 21.6. The van der Waals surface area contributed by atoms with Crippen LogP contribution >= 0.6 is 0 Å². The summed E-state index contributed by atoms with van der Waals surface area (Å²) in [5.74, 6) is 1.13. The van der Waals surface area contributed by atoms with Crippen LogP contribution in [0.15, 0.2) is 205 Å². The quantitative estimate of drug-likeness (QED) is 0.168. The highest BCUT2D eigenvalue weighted by atomic mass is 16.3. The number of aromatic nitrogens is 2. The average molecular weight is 793 g/mol. The molecule has 0 bridgehead atoms. The highest BCUT2D eigenvalue weighted by Gasteiger charge is 2.53. The van der Waals surface area contributed by atoms with Gasteiger partial charge in [-0.05, 0) is 145 Å². The van der Waals surface area contributed by atoms with E-state index < -0.39 is 0 Å². The van der Waals surface area contributed by atoms with Crippen LogP contribution in [-0.2, 0) is 5.41 Å². The van der Waals surface area contributed by atoms with E-state index in [4.69, 9.17) is 9.40 Å². The minimum Gasteiger partial charge on any atom is -0.436 e. The summed E-state index contributed by atoms with van der Waals surface area (Å²) < 4.78 is 8.52. The molecule has 292 valence electrons. The number of hydrogen-bond acceptors (Lipinski definition) is 2. The molecule has 0 N–H and O–H groups in total. The first kappa shape index (κ1) is 35.0. The molecular weight excluding hydrogens is 753 g/mol. The molecule has 2 aromatic heterocycles. The Morgan fingerprint density at radius 3 is 1.77 bits per heavy atom. The molecule has 1 unspecified atom stereocenters. The Labute approximate surface area is 360 Å². The van der Waals surface area contributed by atoms with Crippen LogP contribution in [0.5, 0.6) is 0 Å². The van der Waals surface area contributed by atoms with Crippen molar-refractivity contribution < 1.29 is 4.42 Å². The van der Waals surface area contributed by atoms with Crippen molar-refractivity contribution in [2.45, 2.75) is 25.2 Å². The van der Waals surface area contributed by atoms with Crippen LogP contribution in [0.2, 0.25) is 0 Å². The van der Waals surface area contributed by atoms with E-state index in [1.54, 1.807) is 0 Å². The number of para-hydroxylation sites is 3. The number of rotatable bonds is 6. The van der Waals surface area contributed by atoms with Gasteiger partial charge in [-0.1, -0.05) is 147 Å². The molecule has 11 aromatic rings. The summed E-state index contributed by atoms with van der Waals surface area (Å²) in [5.41, 5.74) is 23.1. The largest absolute Gasteiger partial charge is 0.436 e. The Hall–Kier alpha value is -7.75. The molecule has 3 heteroatoms. The molecule has 0 fully saturated rings. The van der Waals surface area contributed by atoms with Crippen LogP contribution in [-0.4, -0.2) is 9.55 Å². The van der Waals surface area contributed by atoms with Gasteiger partial charge in [0.1, 0.15) is 5.52 Å². The van der Waals surface area contributed by atoms with Crippen molar-refractivity contribution in [3.63, 3.8) is 0 Å².